The van der Waals surface area contributed by atoms with E-state index in [2.05, 4.69) is 25.7 Å². The highest BCUT2D eigenvalue weighted by Crippen LogP contribution is 2.46. The molecular weight excluding hydrogens is 446 g/mol. The molecule has 1 unspecified atom stereocenters. The van der Waals surface area contributed by atoms with Crippen LogP contribution in [0.1, 0.15) is 49.5 Å². The number of carboxylic acid groups (broad SMARTS) is 1. The highest BCUT2D eigenvalue weighted by molar-refractivity contribution is 5.95. The Morgan fingerprint density at radius 2 is 1.63 bits per heavy atom. The van der Waals surface area contributed by atoms with E-state index in [4.69, 9.17) is 4.74 Å². The molecule has 4 rings (SSSR count). The normalized spacial score (nSPS) is 19.8. The maximum absolute atomic E-state index is 13.6. The molecule has 0 bridgehead atoms. The quantitative estimate of drug-likeness (QED) is 0.661. The molecule has 0 saturated carbocycles. The zero-order valence-corrected chi connectivity index (χ0v) is 20.7. The second-order valence-electron chi connectivity index (χ2n) is 10.4. The van der Waals surface area contributed by atoms with Crippen LogP contribution >= 0.6 is 0 Å². The molecule has 2 heterocycles. The summed E-state index contributed by atoms with van der Waals surface area (Å²) < 4.78 is 5.46. The molecule has 2 amide bonds. The Morgan fingerprint density at radius 3 is 2.17 bits per heavy atom. The third kappa shape index (κ3) is 4.57. The molecule has 0 aliphatic carbocycles. The Morgan fingerprint density at radius 1 is 1.03 bits per heavy atom. The smallest absolute Gasteiger partial charge is 0.407 e. The molecule has 2 aliphatic rings. The number of nitrogens with zero attached hydrogens (tertiary/aromatic N) is 3. The Balaban J connectivity index is 1.61. The summed E-state index contributed by atoms with van der Waals surface area (Å²) >= 11 is 0. The summed E-state index contributed by atoms with van der Waals surface area (Å²) in [6.45, 7) is 7.07. The number of carbonyl (C=O) groups excluding carboxylic acids is 2. The first-order valence-corrected chi connectivity index (χ1v) is 11.9. The summed E-state index contributed by atoms with van der Waals surface area (Å²) in [6, 6.07) is 16.7. The number of esters is 1. The van der Waals surface area contributed by atoms with Gasteiger partial charge >= 0.3 is 12.1 Å². The van der Waals surface area contributed by atoms with Crippen LogP contribution < -0.4 is 4.90 Å². The first-order valence-electron chi connectivity index (χ1n) is 11.9. The fourth-order valence-corrected chi connectivity index (χ4v) is 5.39. The van der Waals surface area contributed by atoms with Gasteiger partial charge in [-0.25, -0.2) is 9.59 Å². The number of anilines is 1. The van der Waals surface area contributed by atoms with Crippen LogP contribution in [0.15, 0.2) is 54.6 Å². The first kappa shape index (κ1) is 24.6. The van der Waals surface area contributed by atoms with Crippen LogP contribution in [0.25, 0.3) is 0 Å². The molecule has 2 aliphatic heterocycles. The van der Waals surface area contributed by atoms with Gasteiger partial charge in [0.1, 0.15) is 18.3 Å². The summed E-state index contributed by atoms with van der Waals surface area (Å²) in [5.41, 5.74) is 1.09. The Hall–Kier alpha value is -3.55. The molecule has 2 saturated heterocycles. The van der Waals surface area contributed by atoms with E-state index < -0.39 is 17.6 Å². The average Bonchev–Trinajstić information content (AvgIpc) is 3.05. The maximum atomic E-state index is 13.6. The summed E-state index contributed by atoms with van der Waals surface area (Å²) in [5.74, 6) is -0.402. The van der Waals surface area contributed by atoms with Crippen molar-refractivity contribution in [3.63, 3.8) is 0 Å². The van der Waals surface area contributed by atoms with E-state index in [0.717, 1.165) is 11.3 Å². The number of benzene rings is 2. The number of likely N-dealkylation sites (N-methyl/N-ethyl adjacent to an activating group) is 1. The lowest BCUT2D eigenvalue weighted by Crippen LogP contribution is -2.59. The van der Waals surface area contributed by atoms with E-state index in [1.807, 2.05) is 49.5 Å². The molecule has 8 heteroatoms. The van der Waals surface area contributed by atoms with Gasteiger partial charge in [-0.05, 0) is 42.7 Å². The van der Waals surface area contributed by atoms with Crippen molar-refractivity contribution >= 4 is 23.7 Å². The molecule has 186 valence electrons. The molecule has 35 heavy (non-hydrogen) atoms. The van der Waals surface area contributed by atoms with Gasteiger partial charge in [0.15, 0.2) is 0 Å². The number of rotatable bonds is 4. The Kier molecular flexibility index (Phi) is 6.49. The second-order valence-corrected chi connectivity index (χ2v) is 10.4. The van der Waals surface area contributed by atoms with Crippen molar-refractivity contribution in [3.8, 4) is 0 Å². The summed E-state index contributed by atoms with van der Waals surface area (Å²) in [6.07, 6.45) is -0.357. The molecule has 0 aromatic heterocycles. The minimum Gasteiger partial charge on any atom is -0.465 e. The molecular formula is C27H33N3O5. The number of piperidine rings is 1. The van der Waals surface area contributed by atoms with Crippen molar-refractivity contribution in [2.75, 3.05) is 25.0 Å². The number of hydrogen-bond donors (Lipinski definition) is 1. The van der Waals surface area contributed by atoms with Crippen molar-refractivity contribution < 1.29 is 24.2 Å². The summed E-state index contributed by atoms with van der Waals surface area (Å²) in [7, 11) is 1.82. The number of ether oxygens (including phenoxy) is 1. The predicted molar refractivity (Wildman–Crippen MR) is 132 cm³/mol. The minimum absolute atomic E-state index is 0.00816. The lowest BCUT2D eigenvalue weighted by Gasteiger charge is -2.47. The van der Waals surface area contributed by atoms with E-state index in [1.54, 1.807) is 17.0 Å². The topological polar surface area (TPSA) is 90.4 Å². The molecule has 1 N–H and O–H groups in total. The molecule has 2 aromatic carbocycles. The van der Waals surface area contributed by atoms with Gasteiger partial charge in [-0.15, -0.1) is 0 Å². The Labute approximate surface area is 206 Å². The Bertz CT molecular complexity index is 1090. The van der Waals surface area contributed by atoms with Crippen LogP contribution in [0.2, 0.25) is 0 Å². The largest absolute Gasteiger partial charge is 0.465 e. The highest BCUT2D eigenvalue weighted by Gasteiger charge is 2.59. The summed E-state index contributed by atoms with van der Waals surface area (Å²) in [5, 5.41) is 9.42. The van der Waals surface area contributed by atoms with Gasteiger partial charge in [-0.2, -0.15) is 0 Å². The van der Waals surface area contributed by atoms with Crippen LogP contribution in [0, 0.1) is 5.41 Å². The van der Waals surface area contributed by atoms with E-state index in [1.165, 1.54) is 4.90 Å². The van der Waals surface area contributed by atoms with Gasteiger partial charge in [-0.3, -0.25) is 4.79 Å². The zero-order valence-electron chi connectivity index (χ0n) is 20.7. The van der Waals surface area contributed by atoms with Gasteiger partial charge in [-0.1, -0.05) is 51.1 Å². The van der Waals surface area contributed by atoms with Crippen LogP contribution in [0.5, 0.6) is 0 Å². The van der Waals surface area contributed by atoms with Crippen LogP contribution in [-0.2, 0) is 16.1 Å². The molecule has 8 nitrogen and oxygen atoms in total. The van der Waals surface area contributed by atoms with E-state index in [9.17, 15) is 19.5 Å². The standard InChI is InChI=1S/C27H33N3O5/c1-26(2,3)23-28(4)24(32)27(14-16-29(17-15-27)25(33)34)30(23)21-12-10-20(11-13-21)22(31)35-18-19-8-6-5-7-9-19/h5-13,23H,14-18H2,1-4H3,(H,33,34). The van der Waals surface area contributed by atoms with Gasteiger partial charge in [0.05, 0.1) is 5.56 Å². The van der Waals surface area contributed by atoms with Crippen molar-refractivity contribution in [2.45, 2.75) is 51.9 Å². The van der Waals surface area contributed by atoms with Gasteiger partial charge in [0.25, 0.3) is 0 Å². The zero-order chi connectivity index (χ0) is 25.4. The molecule has 1 spiro atoms. The van der Waals surface area contributed by atoms with Gasteiger partial charge < -0.3 is 24.5 Å². The molecule has 1 atom stereocenters. The van der Waals surface area contributed by atoms with Crippen molar-refractivity contribution in [2.24, 2.45) is 5.41 Å². The van der Waals surface area contributed by atoms with E-state index >= 15 is 0 Å². The highest BCUT2D eigenvalue weighted by atomic mass is 16.5. The summed E-state index contributed by atoms with van der Waals surface area (Å²) in [4.78, 5) is 43.1. The lowest BCUT2D eigenvalue weighted by atomic mass is 9.84. The average molecular weight is 480 g/mol. The fourth-order valence-electron chi connectivity index (χ4n) is 5.39. The first-order chi connectivity index (χ1) is 16.5. The number of carbonyl (C=O) groups is 3. The van der Waals surface area contributed by atoms with Crippen molar-refractivity contribution in [3.05, 3.63) is 65.7 Å². The molecule has 0 radical (unpaired) electrons. The molecule has 2 aromatic rings. The van der Waals surface area contributed by atoms with E-state index in [-0.39, 0.29) is 24.1 Å². The maximum Gasteiger partial charge on any atom is 0.407 e. The van der Waals surface area contributed by atoms with Crippen LogP contribution in [-0.4, -0.2) is 64.7 Å². The van der Waals surface area contributed by atoms with Gasteiger partial charge in [0, 0.05) is 31.2 Å². The predicted octanol–water partition coefficient (Wildman–Crippen LogP) is 4.21. The third-order valence-electron chi connectivity index (χ3n) is 7.02. The second kappa shape index (κ2) is 9.24. The SMILES string of the molecule is CN1C(=O)C2(CCN(C(=O)O)CC2)N(c2ccc(C(=O)OCc3ccccc3)cc2)C1C(C)(C)C. The lowest BCUT2D eigenvalue weighted by molar-refractivity contribution is -0.134. The van der Waals surface area contributed by atoms with Gasteiger partial charge in [0.2, 0.25) is 5.91 Å². The molecule has 2 fully saturated rings. The van der Waals surface area contributed by atoms with E-state index in [0.29, 0.717) is 31.5 Å². The number of hydrogen-bond acceptors (Lipinski definition) is 5. The van der Waals surface area contributed by atoms with Crippen molar-refractivity contribution in [1.82, 2.24) is 9.80 Å². The third-order valence-corrected chi connectivity index (χ3v) is 7.02. The number of amides is 2. The van der Waals surface area contributed by atoms with Crippen LogP contribution in [0.3, 0.4) is 0 Å². The van der Waals surface area contributed by atoms with Crippen LogP contribution in [0.4, 0.5) is 10.5 Å². The van der Waals surface area contributed by atoms with Crippen molar-refractivity contribution in [1.29, 1.82) is 0 Å². The number of likely N-dealkylation sites (tertiary alicyclic amines) is 1. The monoisotopic (exact) mass is 479 g/mol. The minimum atomic E-state index is -0.962. The fraction of sp³-hybridized carbons (Fsp3) is 0.444.